The third-order valence-corrected chi connectivity index (χ3v) is 7.35. The van der Waals surface area contributed by atoms with Crippen LogP contribution in [-0.4, -0.2) is 31.7 Å². The Labute approximate surface area is 162 Å². The van der Waals surface area contributed by atoms with E-state index in [-0.39, 0.29) is 12.6 Å². The smallest absolute Gasteiger partial charge is 0.338 e. The van der Waals surface area contributed by atoms with Gasteiger partial charge >= 0.3 is 5.97 Å². The molecule has 0 saturated carbocycles. The summed E-state index contributed by atoms with van der Waals surface area (Å²) in [5, 5.41) is 0. The van der Waals surface area contributed by atoms with Gasteiger partial charge in [0.2, 0.25) is 0 Å². The Hall–Kier alpha value is -1.79. The molecule has 1 aliphatic heterocycles. The molecule has 138 valence electrons. The van der Waals surface area contributed by atoms with Crippen molar-refractivity contribution in [1.29, 1.82) is 0 Å². The molecule has 1 aliphatic rings. The largest absolute Gasteiger partial charge is 0.493 e. The predicted octanol–water partition coefficient (Wildman–Crippen LogP) is 4.85. The first-order valence-electron chi connectivity index (χ1n) is 8.34. The number of methoxy groups -OCH3 is 2. The number of ether oxygens (including phenoxy) is 3. The lowest BCUT2D eigenvalue weighted by molar-refractivity contribution is 0.0472. The Balaban J connectivity index is 1.65. The van der Waals surface area contributed by atoms with Crippen LogP contribution in [-0.2, 0) is 11.3 Å². The molecule has 0 aromatic heterocycles. The first kappa shape index (κ1) is 19.0. The number of rotatable bonds is 6. The van der Waals surface area contributed by atoms with Gasteiger partial charge in [-0.1, -0.05) is 12.1 Å². The summed E-state index contributed by atoms with van der Waals surface area (Å²) >= 11 is 3.90. The molecule has 6 heteroatoms. The number of carbonyl (C=O) groups is 1. The first-order valence-corrected chi connectivity index (χ1v) is 10.4. The van der Waals surface area contributed by atoms with E-state index < -0.39 is 0 Å². The van der Waals surface area contributed by atoms with Crippen molar-refractivity contribution in [3.63, 3.8) is 0 Å². The molecule has 0 amide bonds. The van der Waals surface area contributed by atoms with Crippen molar-refractivity contribution in [2.45, 2.75) is 18.1 Å². The molecule has 0 bridgehead atoms. The summed E-state index contributed by atoms with van der Waals surface area (Å²) in [6.07, 6.45) is 0. The molecule has 0 unspecified atom stereocenters. The second-order valence-corrected chi connectivity index (χ2v) is 8.63. The fourth-order valence-electron chi connectivity index (χ4n) is 2.73. The average Bonchev–Trinajstić information content (AvgIpc) is 3.21. The lowest BCUT2D eigenvalue weighted by Gasteiger charge is -2.13. The lowest BCUT2D eigenvalue weighted by atomic mass is 10.1. The highest BCUT2D eigenvalue weighted by Gasteiger charge is 2.19. The van der Waals surface area contributed by atoms with Gasteiger partial charge in [0.05, 0.1) is 24.4 Å². The van der Waals surface area contributed by atoms with Gasteiger partial charge in [-0.3, -0.25) is 0 Å². The zero-order valence-corrected chi connectivity index (χ0v) is 16.7. The summed E-state index contributed by atoms with van der Waals surface area (Å²) < 4.78 is 16.6. The molecule has 0 radical (unpaired) electrons. The van der Waals surface area contributed by atoms with Gasteiger partial charge in [-0.05, 0) is 47.9 Å². The molecule has 1 fully saturated rings. The second kappa shape index (κ2) is 8.73. The highest BCUT2D eigenvalue weighted by atomic mass is 32.2. The van der Waals surface area contributed by atoms with Crippen LogP contribution in [0.1, 0.15) is 31.6 Å². The Morgan fingerprint density at radius 3 is 2.27 bits per heavy atom. The maximum Gasteiger partial charge on any atom is 0.338 e. The molecule has 0 spiro atoms. The van der Waals surface area contributed by atoms with Crippen LogP contribution in [0.3, 0.4) is 0 Å². The fraction of sp³-hybridized carbons (Fsp3) is 0.350. The molecule has 26 heavy (non-hydrogen) atoms. The van der Waals surface area contributed by atoms with Crippen molar-refractivity contribution >= 4 is 29.5 Å². The van der Waals surface area contributed by atoms with E-state index in [0.29, 0.717) is 21.6 Å². The summed E-state index contributed by atoms with van der Waals surface area (Å²) in [6, 6.07) is 11.5. The topological polar surface area (TPSA) is 44.8 Å². The van der Waals surface area contributed by atoms with E-state index in [1.54, 1.807) is 14.2 Å². The monoisotopic (exact) mass is 390 g/mol. The molecule has 0 aliphatic carbocycles. The Kier molecular flexibility index (Phi) is 6.38. The van der Waals surface area contributed by atoms with Crippen LogP contribution in [0.25, 0.3) is 0 Å². The van der Waals surface area contributed by atoms with Gasteiger partial charge in [-0.2, -0.15) is 0 Å². The van der Waals surface area contributed by atoms with Crippen LogP contribution in [0.15, 0.2) is 36.4 Å². The van der Waals surface area contributed by atoms with E-state index in [0.717, 1.165) is 11.1 Å². The zero-order valence-electron chi connectivity index (χ0n) is 15.1. The van der Waals surface area contributed by atoms with Gasteiger partial charge in [-0.15, -0.1) is 23.5 Å². The third-order valence-electron chi connectivity index (χ3n) is 4.24. The van der Waals surface area contributed by atoms with Gasteiger partial charge in [0.15, 0.2) is 11.5 Å². The standard InChI is InChI=1S/C20H22O4S2/c1-13-10-17(22-2)18(23-3)11-16(13)12-24-19(21)14-4-6-15(7-5-14)20-25-8-9-26-20/h4-7,10-11,20H,8-9,12H2,1-3H3. The summed E-state index contributed by atoms with van der Waals surface area (Å²) in [4.78, 5) is 12.4. The quantitative estimate of drug-likeness (QED) is 0.657. The van der Waals surface area contributed by atoms with Crippen LogP contribution in [0.4, 0.5) is 0 Å². The molecule has 3 rings (SSSR count). The number of benzene rings is 2. The number of esters is 1. The van der Waals surface area contributed by atoms with Crippen molar-refractivity contribution in [2.75, 3.05) is 25.7 Å². The molecule has 2 aromatic rings. The lowest BCUT2D eigenvalue weighted by Crippen LogP contribution is -2.06. The van der Waals surface area contributed by atoms with Gasteiger partial charge in [0.1, 0.15) is 6.61 Å². The normalized spacial score (nSPS) is 14.3. The maximum atomic E-state index is 12.4. The van der Waals surface area contributed by atoms with Crippen molar-refractivity contribution in [3.8, 4) is 11.5 Å². The summed E-state index contributed by atoms with van der Waals surface area (Å²) in [5.74, 6) is 3.34. The minimum Gasteiger partial charge on any atom is -0.493 e. The third kappa shape index (κ3) is 4.30. The average molecular weight is 391 g/mol. The number of hydrogen-bond acceptors (Lipinski definition) is 6. The molecule has 1 saturated heterocycles. The predicted molar refractivity (Wildman–Crippen MR) is 108 cm³/mol. The van der Waals surface area contributed by atoms with E-state index in [2.05, 4.69) is 0 Å². The van der Waals surface area contributed by atoms with Crippen LogP contribution in [0.2, 0.25) is 0 Å². The van der Waals surface area contributed by atoms with Crippen molar-refractivity contribution in [3.05, 3.63) is 58.7 Å². The van der Waals surface area contributed by atoms with Crippen LogP contribution >= 0.6 is 23.5 Å². The van der Waals surface area contributed by atoms with E-state index in [1.165, 1.54) is 17.1 Å². The second-order valence-electron chi connectivity index (χ2n) is 5.91. The minimum atomic E-state index is -0.322. The van der Waals surface area contributed by atoms with Crippen molar-refractivity contribution in [1.82, 2.24) is 0 Å². The van der Waals surface area contributed by atoms with E-state index in [9.17, 15) is 4.79 Å². The molecule has 4 nitrogen and oxygen atoms in total. The van der Waals surface area contributed by atoms with Gasteiger partial charge in [0.25, 0.3) is 0 Å². The number of carbonyl (C=O) groups excluding carboxylic acids is 1. The molecule has 1 heterocycles. The van der Waals surface area contributed by atoms with E-state index in [4.69, 9.17) is 14.2 Å². The molecular formula is C20H22O4S2. The van der Waals surface area contributed by atoms with E-state index >= 15 is 0 Å². The number of thioether (sulfide) groups is 2. The first-order chi connectivity index (χ1) is 12.6. The van der Waals surface area contributed by atoms with Crippen LogP contribution in [0, 0.1) is 6.92 Å². The van der Waals surface area contributed by atoms with Crippen molar-refractivity contribution < 1.29 is 19.0 Å². The molecule has 0 N–H and O–H groups in total. The Morgan fingerprint density at radius 2 is 1.65 bits per heavy atom. The minimum absolute atomic E-state index is 0.196. The zero-order chi connectivity index (χ0) is 18.5. The van der Waals surface area contributed by atoms with Crippen molar-refractivity contribution in [2.24, 2.45) is 0 Å². The fourth-order valence-corrected chi connectivity index (χ4v) is 5.59. The summed E-state index contributed by atoms with van der Waals surface area (Å²) in [7, 11) is 3.19. The Bertz CT molecular complexity index is 768. The molecule has 0 atom stereocenters. The number of aryl methyl sites for hydroxylation is 1. The highest BCUT2D eigenvalue weighted by molar-refractivity contribution is 8.19. The Morgan fingerprint density at radius 1 is 1.04 bits per heavy atom. The maximum absolute atomic E-state index is 12.4. The number of hydrogen-bond donors (Lipinski definition) is 0. The summed E-state index contributed by atoms with van der Waals surface area (Å²) in [6.45, 7) is 2.15. The van der Waals surface area contributed by atoms with Gasteiger partial charge in [0, 0.05) is 11.5 Å². The summed E-state index contributed by atoms with van der Waals surface area (Å²) in [5.41, 5.74) is 3.71. The van der Waals surface area contributed by atoms with Crippen LogP contribution in [0.5, 0.6) is 11.5 Å². The molecular weight excluding hydrogens is 368 g/mol. The SMILES string of the molecule is COc1cc(C)c(COC(=O)c2ccc(C3SCCS3)cc2)cc1OC. The molecule has 2 aromatic carbocycles. The van der Waals surface area contributed by atoms with Gasteiger partial charge in [-0.25, -0.2) is 4.79 Å². The van der Waals surface area contributed by atoms with Gasteiger partial charge < -0.3 is 14.2 Å². The highest BCUT2D eigenvalue weighted by Crippen LogP contribution is 2.45. The van der Waals surface area contributed by atoms with E-state index in [1.807, 2.05) is 66.8 Å². The van der Waals surface area contributed by atoms with Crippen LogP contribution < -0.4 is 9.47 Å².